The van der Waals surface area contributed by atoms with Crippen molar-refractivity contribution in [1.82, 2.24) is 0 Å². The van der Waals surface area contributed by atoms with Gasteiger partial charge in [-0.15, -0.1) is 0 Å². The van der Waals surface area contributed by atoms with E-state index in [1.807, 2.05) is 12.1 Å². The molecule has 3 heteroatoms. The third-order valence-corrected chi connectivity index (χ3v) is 2.37. The predicted molar refractivity (Wildman–Crippen MR) is 54.7 cm³/mol. The highest BCUT2D eigenvalue weighted by atomic mass is 19.1. The monoisotopic (exact) mass is 195 g/mol. The highest BCUT2D eigenvalue weighted by molar-refractivity contribution is 5.56. The zero-order chi connectivity index (χ0) is 9.80. The molecule has 0 radical (unpaired) electrons. The topological polar surface area (TPSA) is 21.3 Å². The van der Waals surface area contributed by atoms with Crippen molar-refractivity contribution in [2.75, 3.05) is 25.1 Å². The molecule has 1 aliphatic heterocycles. The third kappa shape index (κ3) is 1.97. The Balaban J connectivity index is 2.12. The second-order valence-electron chi connectivity index (χ2n) is 3.39. The van der Waals surface area contributed by atoms with Gasteiger partial charge in [0.15, 0.2) is 0 Å². The Hall–Kier alpha value is -1.25. The number of rotatable bonds is 3. The number of anilines is 1. The van der Waals surface area contributed by atoms with Crippen LogP contribution in [-0.2, 0) is 6.42 Å². The van der Waals surface area contributed by atoms with Gasteiger partial charge in [-0.2, -0.15) is 0 Å². The molecule has 0 atom stereocenters. The fraction of sp³-hybridized carbons (Fsp3) is 0.455. The van der Waals surface area contributed by atoms with E-state index in [0.29, 0.717) is 0 Å². The van der Waals surface area contributed by atoms with Gasteiger partial charge in [0.1, 0.15) is 19.0 Å². The summed E-state index contributed by atoms with van der Waals surface area (Å²) in [5, 5.41) is 3.31. The van der Waals surface area contributed by atoms with Gasteiger partial charge in [0.05, 0.1) is 0 Å². The van der Waals surface area contributed by atoms with Crippen LogP contribution in [0.15, 0.2) is 18.2 Å². The summed E-state index contributed by atoms with van der Waals surface area (Å²) < 4.78 is 17.1. The van der Waals surface area contributed by atoms with Gasteiger partial charge in [0.25, 0.3) is 0 Å². The zero-order valence-electron chi connectivity index (χ0n) is 8.05. The predicted octanol–water partition coefficient (Wildman–Crippen LogP) is 2.39. The van der Waals surface area contributed by atoms with Gasteiger partial charge < -0.3 is 10.1 Å². The van der Waals surface area contributed by atoms with E-state index in [9.17, 15) is 4.39 Å². The number of ether oxygens (including phenoxy) is 1. The van der Waals surface area contributed by atoms with E-state index in [4.69, 9.17) is 4.74 Å². The SMILES string of the molecule is FCCOc1ccc2c(c1)NCCC2. The molecule has 0 unspecified atom stereocenters. The second-order valence-corrected chi connectivity index (χ2v) is 3.39. The van der Waals surface area contributed by atoms with Crippen LogP contribution in [0.2, 0.25) is 0 Å². The van der Waals surface area contributed by atoms with E-state index in [0.717, 1.165) is 24.4 Å². The molecule has 0 fully saturated rings. The summed E-state index contributed by atoms with van der Waals surface area (Å²) in [4.78, 5) is 0. The standard InChI is InChI=1S/C11H14FNO/c12-5-7-14-10-4-3-9-2-1-6-13-11(9)8-10/h3-4,8,13H,1-2,5-7H2. The summed E-state index contributed by atoms with van der Waals surface area (Å²) in [5.41, 5.74) is 2.46. The van der Waals surface area contributed by atoms with E-state index in [-0.39, 0.29) is 6.61 Å². The lowest BCUT2D eigenvalue weighted by Gasteiger charge is -2.18. The maximum atomic E-state index is 11.9. The first-order chi connectivity index (χ1) is 6.90. The highest BCUT2D eigenvalue weighted by Gasteiger charge is 2.08. The average Bonchev–Trinajstić information content (AvgIpc) is 2.26. The van der Waals surface area contributed by atoms with Crippen molar-refractivity contribution < 1.29 is 9.13 Å². The summed E-state index contributed by atoms with van der Waals surface area (Å²) in [7, 11) is 0. The van der Waals surface area contributed by atoms with Crippen LogP contribution < -0.4 is 10.1 Å². The van der Waals surface area contributed by atoms with Gasteiger partial charge in [-0.05, 0) is 24.5 Å². The first-order valence-electron chi connectivity index (χ1n) is 4.96. The minimum atomic E-state index is -0.440. The van der Waals surface area contributed by atoms with Crippen LogP contribution in [-0.4, -0.2) is 19.8 Å². The average molecular weight is 195 g/mol. The molecule has 0 aliphatic carbocycles. The summed E-state index contributed by atoms with van der Waals surface area (Å²) in [6, 6.07) is 5.90. The van der Waals surface area contributed by atoms with Gasteiger partial charge in [0.2, 0.25) is 0 Å². The van der Waals surface area contributed by atoms with Crippen LogP contribution >= 0.6 is 0 Å². The van der Waals surface area contributed by atoms with Crippen LogP contribution in [0, 0.1) is 0 Å². The molecule has 1 aromatic carbocycles. The normalized spacial score (nSPS) is 14.4. The molecule has 1 aromatic rings. The molecule has 2 rings (SSSR count). The number of alkyl halides is 1. The molecule has 0 saturated heterocycles. The number of hydrogen-bond acceptors (Lipinski definition) is 2. The van der Waals surface area contributed by atoms with Crippen molar-refractivity contribution in [2.24, 2.45) is 0 Å². The Morgan fingerprint density at radius 1 is 1.43 bits per heavy atom. The molecule has 1 N–H and O–H groups in total. The van der Waals surface area contributed by atoms with Gasteiger partial charge in [0, 0.05) is 18.3 Å². The molecule has 0 saturated carbocycles. The van der Waals surface area contributed by atoms with Crippen molar-refractivity contribution >= 4 is 5.69 Å². The number of hydrogen-bond donors (Lipinski definition) is 1. The molecular formula is C11H14FNO. The molecule has 0 bridgehead atoms. The van der Waals surface area contributed by atoms with Crippen LogP contribution in [0.3, 0.4) is 0 Å². The third-order valence-electron chi connectivity index (χ3n) is 2.37. The highest BCUT2D eigenvalue weighted by Crippen LogP contribution is 2.26. The lowest BCUT2D eigenvalue weighted by atomic mass is 10.0. The van der Waals surface area contributed by atoms with Crippen molar-refractivity contribution in [3.8, 4) is 5.75 Å². The summed E-state index contributed by atoms with van der Waals surface area (Å²) in [5.74, 6) is 0.746. The van der Waals surface area contributed by atoms with E-state index < -0.39 is 6.67 Å². The van der Waals surface area contributed by atoms with E-state index >= 15 is 0 Å². The van der Waals surface area contributed by atoms with E-state index in [1.165, 1.54) is 12.0 Å². The number of aryl methyl sites for hydroxylation is 1. The molecule has 14 heavy (non-hydrogen) atoms. The summed E-state index contributed by atoms with van der Waals surface area (Å²) in [6.07, 6.45) is 2.30. The van der Waals surface area contributed by atoms with Crippen molar-refractivity contribution in [3.63, 3.8) is 0 Å². The fourth-order valence-electron chi connectivity index (χ4n) is 1.69. The summed E-state index contributed by atoms with van der Waals surface area (Å²) >= 11 is 0. The number of fused-ring (bicyclic) bond motifs is 1. The number of benzene rings is 1. The smallest absolute Gasteiger partial charge is 0.123 e. The summed E-state index contributed by atoms with van der Waals surface area (Å²) in [6.45, 7) is 0.711. The molecular weight excluding hydrogens is 181 g/mol. The zero-order valence-corrected chi connectivity index (χ0v) is 8.05. The molecule has 2 nitrogen and oxygen atoms in total. The maximum absolute atomic E-state index is 11.9. The van der Waals surface area contributed by atoms with Crippen molar-refractivity contribution in [2.45, 2.75) is 12.8 Å². The number of halogens is 1. The van der Waals surface area contributed by atoms with E-state index in [2.05, 4.69) is 11.4 Å². The van der Waals surface area contributed by atoms with Gasteiger partial charge in [-0.1, -0.05) is 6.07 Å². The van der Waals surface area contributed by atoms with Crippen molar-refractivity contribution in [3.05, 3.63) is 23.8 Å². The number of nitrogens with one attached hydrogen (secondary N) is 1. The largest absolute Gasteiger partial charge is 0.491 e. The molecule has 1 heterocycles. The second kappa shape index (κ2) is 4.31. The molecule has 0 spiro atoms. The van der Waals surface area contributed by atoms with Crippen LogP contribution in [0.5, 0.6) is 5.75 Å². The van der Waals surface area contributed by atoms with Crippen LogP contribution in [0.1, 0.15) is 12.0 Å². The Morgan fingerprint density at radius 3 is 3.21 bits per heavy atom. The fourth-order valence-corrected chi connectivity index (χ4v) is 1.69. The van der Waals surface area contributed by atoms with Gasteiger partial charge in [-0.3, -0.25) is 0 Å². The van der Waals surface area contributed by atoms with Gasteiger partial charge in [-0.25, -0.2) is 4.39 Å². The lowest BCUT2D eigenvalue weighted by molar-refractivity contribution is 0.273. The minimum absolute atomic E-state index is 0.138. The molecule has 0 amide bonds. The minimum Gasteiger partial charge on any atom is -0.491 e. The van der Waals surface area contributed by atoms with E-state index in [1.54, 1.807) is 0 Å². The molecule has 0 aromatic heterocycles. The Morgan fingerprint density at radius 2 is 2.36 bits per heavy atom. The molecule has 1 aliphatic rings. The van der Waals surface area contributed by atoms with Crippen molar-refractivity contribution in [1.29, 1.82) is 0 Å². The van der Waals surface area contributed by atoms with Crippen LogP contribution in [0.25, 0.3) is 0 Å². The first-order valence-corrected chi connectivity index (χ1v) is 4.96. The lowest BCUT2D eigenvalue weighted by Crippen LogP contribution is -2.11. The first kappa shape index (κ1) is 9.31. The molecule has 76 valence electrons. The quantitative estimate of drug-likeness (QED) is 0.799. The van der Waals surface area contributed by atoms with Gasteiger partial charge >= 0.3 is 0 Å². The Labute approximate surface area is 83.1 Å². The maximum Gasteiger partial charge on any atom is 0.123 e. The van der Waals surface area contributed by atoms with Crippen LogP contribution in [0.4, 0.5) is 10.1 Å². The Bertz CT molecular complexity index is 314. The Kier molecular flexibility index (Phi) is 2.87.